The summed E-state index contributed by atoms with van der Waals surface area (Å²) in [5.74, 6) is 2.37. The molecule has 1 rings (SSSR count). The van der Waals surface area contributed by atoms with Gasteiger partial charge >= 0.3 is 0 Å². The van der Waals surface area contributed by atoms with Crippen LogP contribution in [-0.2, 0) is 4.79 Å². The van der Waals surface area contributed by atoms with Gasteiger partial charge in [-0.05, 0) is 20.3 Å². The molecule has 0 aliphatic rings. The molecule has 17 heavy (non-hydrogen) atoms. The number of nitrogens with zero attached hydrogens (tertiary/aromatic N) is 3. The van der Waals surface area contributed by atoms with Gasteiger partial charge in [-0.2, -0.15) is 0 Å². The lowest BCUT2D eigenvalue weighted by Gasteiger charge is -2.18. The third-order valence-corrected chi connectivity index (χ3v) is 2.29. The molecule has 5 nitrogen and oxygen atoms in total. The van der Waals surface area contributed by atoms with Crippen LogP contribution >= 0.6 is 0 Å². The summed E-state index contributed by atoms with van der Waals surface area (Å²) in [6, 6.07) is 1.87. The molecule has 0 fully saturated rings. The topological polar surface area (TPSA) is 58.1 Å². The summed E-state index contributed by atoms with van der Waals surface area (Å²) in [7, 11) is 2.00. The first-order valence-electron chi connectivity index (χ1n) is 5.83. The molecule has 0 aliphatic carbocycles. The van der Waals surface area contributed by atoms with Gasteiger partial charge in [-0.15, -0.1) is 0 Å². The third-order valence-electron chi connectivity index (χ3n) is 2.29. The zero-order valence-electron chi connectivity index (χ0n) is 10.9. The summed E-state index contributed by atoms with van der Waals surface area (Å²) in [5.41, 5.74) is 0. The number of rotatable bonds is 6. The second-order valence-electron chi connectivity index (χ2n) is 4.14. The average Bonchev–Trinajstić information content (AvgIpc) is 2.26. The first-order valence-corrected chi connectivity index (χ1v) is 5.83. The van der Waals surface area contributed by atoms with Gasteiger partial charge < -0.3 is 10.2 Å². The summed E-state index contributed by atoms with van der Waals surface area (Å²) < 4.78 is 0. The van der Waals surface area contributed by atoms with Crippen molar-refractivity contribution in [2.45, 2.75) is 27.2 Å². The minimum Gasteiger partial charge on any atom is -0.363 e. The molecule has 0 saturated heterocycles. The van der Waals surface area contributed by atoms with E-state index >= 15 is 0 Å². The van der Waals surface area contributed by atoms with Crippen LogP contribution in [0, 0.1) is 6.92 Å². The molecule has 0 atom stereocenters. The molecular formula is C12H20N4O. The Balaban J connectivity index is 2.82. The zero-order chi connectivity index (χ0) is 12.8. The van der Waals surface area contributed by atoms with Gasteiger partial charge in [0.2, 0.25) is 0 Å². The molecule has 0 radical (unpaired) electrons. The van der Waals surface area contributed by atoms with Gasteiger partial charge in [-0.3, -0.25) is 4.79 Å². The Morgan fingerprint density at radius 3 is 2.76 bits per heavy atom. The molecule has 94 valence electrons. The molecule has 0 amide bonds. The maximum atomic E-state index is 10.9. The molecule has 1 N–H and O–H groups in total. The predicted molar refractivity (Wildman–Crippen MR) is 69.5 cm³/mol. The molecule has 0 bridgehead atoms. The van der Waals surface area contributed by atoms with E-state index in [-0.39, 0.29) is 5.78 Å². The highest BCUT2D eigenvalue weighted by Crippen LogP contribution is 2.14. The average molecular weight is 236 g/mol. The molecule has 0 saturated carbocycles. The summed E-state index contributed by atoms with van der Waals surface area (Å²) >= 11 is 0. The van der Waals surface area contributed by atoms with Crippen molar-refractivity contribution in [2.75, 3.05) is 30.4 Å². The molecule has 0 aliphatic heterocycles. The number of nitrogens with one attached hydrogen (secondary N) is 1. The van der Waals surface area contributed by atoms with Crippen molar-refractivity contribution in [2.24, 2.45) is 0 Å². The fourth-order valence-corrected chi connectivity index (χ4v) is 1.50. The summed E-state index contributed by atoms with van der Waals surface area (Å²) in [6.45, 7) is 6.77. The molecule has 0 aromatic carbocycles. The van der Waals surface area contributed by atoms with Crippen LogP contribution in [-0.4, -0.2) is 35.9 Å². The van der Waals surface area contributed by atoms with Gasteiger partial charge in [0.15, 0.2) is 0 Å². The molecule has 0 spiro atoms. The molecule has 5 heteroatoms. The van der Waals surface area contributed by atoms with Gasteiger partial charge in [0.05, 0.1) is 6.54 Å². The Morgan fingerprint density at radius 1 is 1.47 bits per heavy atom. The van der Waals surface area contributed by atoms with Crippen LogP contribution in [0.15, 0.2) is 6.07 Å². The van der Waals surface area contributed by atoms with E-state index in [0.29, 0.717) is 18.2 Å². The Bertz CT molecular complexity index is 392. The minimum atomic E-state index is 0.0877. The molecule has 1 aromatic heterocycles. The number of aryl methyl sites for hydroxylation is 1. The number of aromatic nitrogens is 2. The van der Waals surface area contributed by atoms with Crippen molar-refractivity contribution >= 4 is 17.4 Å². The lowest BCUT2D eigenvalue weighted by atomic mass is 10.4. The second-order valence-corrected chi connectivity index (χ2v) is 4.14. The van der Waals surface area contributed by atoms with Gasteiger partial charge in [0.1, 0.15) is 23.2 Å². The summed E-state index contributed by atoms with van der Waals surface area (Å²) in [6.07, 6.45) is 1.07. The first kappa shape index (κ1) is 13.4. The Kier molecular flexibility index (Phi) is 4.87. The summed E-state index contributed by atoms with van der Waals surface area (Å²) in [4.78, 5) is 21.6. The van der Waals surface area contributed by atoms with Crippen molar-refractivity contribution in [3.8, 4) is 0 Å². The molecule has 1 heterocycles. The van der Waals surface area contributed by atoms with E-state index < -0.39 is 0 Å². The lowest BCUT2D eigenvalue weighted by Crippen LogP contribution is -2.20. The normalized spacial score (nSPS) is 10.1. The maximum Gasteiger partial charge on any atom is 0.148 e. The van der Waals surface area contributed by atoms with Crippen LogP contribution in [0.4, 0.5) is 11.6 Å². The Morgan fingerprint density at radius 2 is 2.18 bits per heavy atom. The van der Waals surface area contributed by atoms with E-state index in [4.69, 9.17) is 0 Å². The number of carbonyl (C=O) groups excluding carboxylic acids is 1. The molecule has 0 unspecified atom stereocenters. The monoisotopic (exact) mass is 236 g/mol. The van der Waals surface area contributed by atoms with Crippen LogP contribution in [0.3, 0.4) is 0 Å². The van der Waals surface area contributed by atoms with E-state index in [1.165, 1.54) is 0 Å². The van der Waals surface area contributed by atoms with Crippen LogP contribution in [0.5, 0.6) is 0 Å². The van der Waals surface area contributed by atoms with E-state index in [0.717, 1.165) is 18.8 Å². The summed E-state index contributed by atoms with van der Waals surface area (Å²) in [5, 5.41) is 2.99. The number of ketones is 1. The fourth-order valence-electron chi connectivity index (χ4n) is 1.50. The van der Waals surface area contributed by atoms with Crippen LogP contribution in [0.2, 0.25) is 0 Å². The van der Waals surface area contributed by atoms with E-state index in [1.807, 2.05) is 20.0 Å². The van der Waals surface area contributed by atoms with Crippen molar-refractivity contribution < 1.29 is 4.79 Å². The van der Waals surface area contributed by atoms with E-state index in [1.54, 1.807) is 6.92 Å². The minimum absolute atomic E-state index is 0.0877. The standard InChI is InChI=1S/C12H20N4O/c1-5-6-16(4)12-7-11(13-8-9(2)17)14-10(3)15-12/h7H,5-6,8H2,1-4H3,(H,13,14,15). The second kappa shape index (κ2) is 6.18. The highest BCUT2D eigenvalue weighted by Gasteiger charge is 2.06. The molecular weight excluding hydrogens is 216 g/mol. The van der Waals surface area contributed by atoms with Crippen molar-refractivity contribution in [1.82, 2.24) is 9.97 Å². The van der Waals surface area contributed by atoms with Gasteiger partial charge in [0, 0.05) is 19.7 Å². The van der Waals surface area contributed by atoms with E-state index in [2.05, 4.69) is 27.1 Å². The smallest absolute Gasteiger partial charge is 0.148 e. The van der Waals surface area contributed by atoms with Crippen molar-refractivity contribution in [3.05, 3.63) is 11.9 Å². The number of carbonyl (C=O) groups is 1. The Hall–Kier alpha value is -1.65. The predicted octanol–water partition coefficient (Wildman–Crippen LogP) is 1.63. The third kappa shape index (κ3) is 4.38. The number of Topliss-reactive ketones (excluding diaryl/α,β-unsaturated/α-hetero) is 1. The van der Waals surface area contributed by atoms with Crippen molar-refractivity contribution in [3.63, 3.8) is 0 Å². The van der Waals surface area contributed by atoms with Gasteiger partial charge in [-0.25, -0.2) is 9.97 Å². The van der Waals surface area contributed by atoms with Gasteiger partial charge in [0.25, 0.3) is 0 Å². The fraction of sp³-hybridized carbons (Fsp3) is 0.583. The highest BCUT2D eigenvalue weighted by molar-refractivity contribution is 5.80. The zero-order valence-corrected chi connectivity index (χ0v) is 10.9. The van der Waals surface area contributed by atoms with Gasteiger partial charge in [-0.1, -0.05) is 6.92 Å². The van der Waals surface area contributed by atoms with Crippen LogP contribution < -0.4 is 10.2 Å². The van der Waals surface area contributed by atoms with E-state index in [9.17, 15) is 4.79 Å². The number of hydrogen-bond donors (Lipinski definition) is 1. The van der Waals surface area contributed by atoms with Crippen molar-refractivity contribution in [1.29, 1.82) is 0 Å². The number of anilines is 2. The lowest BCUT2D eigenvalue weighted by molar-refractivity contribution is -0.115. The van der Waals surface area contributed by atoms with Crippen LogP contribution in [0.25, 0.3) is 0 Å². The quantitative estimate of drug-likeness (QED) is 0.813. The maximum absolute atomic E-state index is 10.9. The number of hydrogen-bond acceptors (Lipinski definition) is 5. The first-order chi connectivity index (χ1) is 8.02. The van der Waals surface area contributed by atoms with Crippen LogP contribution in [0.1, 0.15) is 26.1 Å². The molecule has 1 aromatic rings. The highest BCUT2D eigenvalue weighted by atomic mass is 16.1. The SMILES string of the molecule is CCCN(C)c1cc(NCC(C)=O)nc(C)n1. The largest absolute Gasteiger partial charge is 0.363 e. The Labute approximate surface area is 102 Å².